The van der Waals surface area contributed by atoms with E-state index in [1.165, 1.54) is 5.56 Å². The second-order valence-corrected chi connectivity index (χ2v) is 5.39. The van der Waals surface area contributed by atoms with Crippen molar-refractivity contribution in [3.8, 4) is 0 Å². The Morgan fingerprint density at radius 2 is 1.83 bits per heavy atom. The number of aryl methyl sites for hydroxylation is 3. The number of hydrogen-bond donors (Lipinski definition) is 1. The van der Waals surface area contributed by atoms with E-state index in [-0.39, 0.29) is 5.91 Å². The Hall–Kier alpha value is -2.95. The Balaban J connectivity index is 1.58. The lowest BCUT2D eigenvalue weighted by Crippen LogP contribution is -2.13. The highest BCUT2D eigenvalue weighted by Crippen LogP contribution is 2.09. The molecule has 3 aromatic rings. The van der Waals surface area contributed by atoms with Gasteiger partial charge in [-0.3, -0.25) is 14.5 Å². The van der Waals surface area contributed by atoms with Gasteiger partial charge in [-0.1, -0.05) is 17.7 Å². The molecule has 1 aromatic carbocycles. The summed E-state index contributed by atoms with van der Waals surface area (Å²) in [5.41, 5.74) is 2.96. The van der Waals surface area contributed by atoms with E-state index in [0.29, 0.717) is 11.4 Å². The lowest BCUT2D eigenvalue weighted by Gasteiger charge is -2.03. The predicted molar refractivity (Wildman–Crippen MR) is 89.3 cm³/mol. The number of hydrogen-bond acceptors (Lipinski definition) is 3. The minimum atomic E-state index is -0.149. The molecule has 0 saturated heterocycles. The number of pyridine rings is 1. The molecular weight excluding hydrogens is 288 g/mol. The average Bonchev–Trinajstić information content (AvgIpc) is 3.02. The van der Waals surface area contributed by atoms with Crippen LogP contribution < -0.4 is 5.32 Å². The molecule has 0 aliphatic carbocycles. The number of nitrogens with zero attached hydrogens (tertiary/aromatic N) is 3. The largest absolute Gasteiger partial charge is 0.305 e. The van der Waals surface area contributed by atoms with E-state index >= 15 is 0 Å². The van der Waals surface area contributed by atoms with Gasteiger partial charge < -0.3 is 5.32 Å². The van der Waals surface area contributed by atoms with Crippen LogP contribution in [0.1, 0.15) is 21.5 Å². The van der Waals surface area contributed by atoms with Gasteiger partial charge in [-0.05, 0) is 43.2 Å². The van der Waals surface area contributed by atoms with Crippen LogP contribution in [0.25, 0.3) is 0 Å². The summed E-state index contributed by atoms with van der Waals surface area (Å²) in [6.45, 7) is 2.75. The summed E-state index contributed by atoms with van der Waals surface area (Å²) in [5, 5.41) is 7.19. The van der Waals surface area contributed by atoms with Crippen LogP contribution in [0.5, 0.6) is 0 Å². The van der Waals surface area contributed by atoms with Gasteiger partial charge in [0, 0.05) is 36.8 Å². The van der Waals surface area contributed by atoms with Crippen LogP contribution >= 0.6 is 0 Å². The van der Waals surface area contributed by atoms with Gasteiger partial charge >= 0.3 is 0 Å². The smallest absolute Gasteiger partial charge is 0.256 e. The minimum absolute atomic E-state index is 0.149. The second kappa shape index (κ2) is 6.87. The minimum Gasteiger partial charge on any atom is -0.305 e. The zero-order valence-corrected chi connectivity index (χ0v) is 12.9. The average molecular weight is 306 g/mol. The van der Waals surface area contributed by atoms with E-state index in [4.69, 9.17) is 0 Å². The van der Waals surface area contributed by atoms with Crippen LogP contribution in [-0.4, -0.2) is 20.7 Å². The predicted octanol–water partition coefficient (Wildman–Crippen LogP) is 3.08. The fraction of sp³-hybridized carbons (Fsp3) is 0.167. The SMILES string of the molecule is Cc1ccc(C(=O)Nc2ccn(CCc3ccncc3)n2)cc1. The number of anilines is 1. The molecule has 2 aromatic heterocycles. The molecule has 0 spiro atoms. The summed E-state index contributed by atoms with van der Waals surface area (Å²) in [5.74, 6) is 0.412. The Bertz CT molecular complexity index is 778. The molecule has 1 N–H and O–H groups in total. The normalized spacial score (nSPS) is 10.5. The summed E-state index contributed by atoms with van der Waals surface area (Å²) in [6.07, 6.45) is 6.30. The van der Waals surface area contributed by atoms with E-state index in [1.807, 2.05) is 54.2 Å². The first-order valence-corrected chi connectivity index (χ1v) is 7.51. The van der Waals surface area contributed by atoms with Crippen molar-refractivity contribution in [3.05, 3.63) is 77.7 Å². The summed E-state index contributed by atoms with van der Waals surface area (Å²) < 4.78 is 1.82. The first kappa shape index (κ1) is 15.0. The highest BCUT2D eigenvalue weighted by molar-refractivity contribution is 6.03. The molecule has 0 fully saturated rings. The molecule has 0 aliphatic rings. The van der Waals surface area contributed by atoms with Crippen LogP contribution in [0.3, 0.4) is 0 Å². The number of aromatic nitrogens is 3. The Labute approximate surface area is 135 Å². The first-order valence-electron chi connectivity index (χ1n) is 7.51. The second-order valence-electron chi connectivity index (χ2n) is 5.39. The van der Waals surface area contributed by atoms with E-state index in [9.17, 15) is 4.79 Å². The maximum atomic E-state index is 12.1. The highest BCUT2D eigenvalue weighted by Gasteiger charge is 2.07. The zero-order valence-electron chi connectivity index (χ0n) is 12.9. The van der Waals surface area contributed by atoms with Gasteiger partial charge in [0.1, 0.15) is 0 Å². The molecule has 1 amide bonds. The van der Waals surface area contributed by atoms with E-state index < -0.39 is 0 Å². The molecule has 5 heteroatoms. The first-order chi connectivity index (χ1) is 11.2. The van der Waals surface area contributed by atoms with E-state index in [2.05, 4.69) is 15.4 Å². The monoisotopic (exact) mass is 306 g/mol. The van der Waals surface area contributed by atoms with Gasteiger partial charge in [-0.25, -0.2) is 0 Å². The van der Waals surface area contributed by atoms with Crippen molar-refractivity contribution in [1.29, 1.82) is 0 Å². The maximum Gasteiger partial charge on any atom is 0.256 e. The van der Waals surface area contributed by atoms with Crippen molar-refractivity contribution in [2.24, 2.45) is 0 Å². The molecule has 2 heterocycles. The van der Waals surface area contributed by atoms with Crippen LogP contribution in [0.2, 0.25) is 0 Å². The van der Waals surface area contributed by atoms with Crippen LogP contribution in [0.4, 0.5) is 5.82 Å². The molecule has 5 nitrogen and oxygen atoms in total. The molecule has 0 saturated carbocycles. The topological polar surface area (TPSA) is 59.8 Å². The van der Waals surface area contributed by atoms with Gasteiger partial charge in [0.05, 0.1) is 0 Å². The number of rotatable bonds is 5. The molecule has 0 bridgehead atoms. The molecule has 116 valence electrons. The summed E-state index contributed by atoms with van der Waals surface area (Å²) in [4.78, 5) is 16.1. The molecule has 23 heavy (non-hydrogen) atoms. The van der Waals surface area contributed by atoms with Gasteiger partial charge in [-0.2, -0.15) is 5.10 Å². The van der Waals surface area contributed by atoms with Gasteiger partial charge in [0.2, 0.25) is 0 Å². The van der Waals surface area contributed by atoms with Gasteiger partial charge in [0.25, 0.3) is 5.91 Å². The maximum absolute atomic E-state index is 12.1. The Morgan fingerprint density at radius 1 is 1.09 bits per heavy atom. The third-order valence-corrected chi connectivity index (χ3v) is 3.57. The van der Waals surface area contributed by atoms with Crippen molar-refractivity contribution in [3.63, 3.8) is 0 Å². The lowest BCUT2D eigenvalue weighted by atomic mass is 10.1. The molecule has 0 radical (unpaired) electrons. The quantitative estimate of drug-likeness (QED) is 0.788. The number of amides is 1. The molecule has 0 atom stereocenters. The third kappa shape index (κ3) is 4.03. The summed E-state index contributed by atoms with van der Waals surface area (Å²) >= 11 is 0. The molecular formula is C18H18N4O. The molecule has 0 aliphatic heterocycles. The standard InChI is InChI=1S/C18H18N4O/c1-14-2-4-16(5-3-14)18(23)20-17-9-13-22(21-17)12-8-15-6-10-19-11-7-15/h2-7,9-11,13H,8,12H2,1H3,(H,20,21,23). The zero-order chi connectivity index (χ0) is 16.1. The molecule has 0 unspecified atom stereocenters. The van der Waals surface area contributed by atoms with E-state index in [0.717, 1.165) is 18.5 Å². The Morgan fingerprint density at radius 3 is 2.57 bits per heavy atom. The third-order valence-electron chi connectivity index (χ3n) is 3.57. The van der Waals surface area contributed by atoms with Crippen LogP contribution in [0, 0.1) is 6.92 Å². The van der Waals surface area contributed by atoms with Crippen molar-refractivity contribution < 1.29 is 4.79 Å². The molecule has 3 rings (SSSR count). The fourth-order valence-electron chi connectivity index (χ4n) is 2.24. The van der Waals surface area contributed by atoms with Crippen molar-refractivity contribution in [1.82, 2.24) is 14.8 Å². The van der Waals surface area contributed by atoms with Crippen molar-refractivity contribution in [2.45, 2.75) is 19.9 Å². The summed E-state index contributed by atoms with van der Waals surface area (Å²) in [7, 11) is 0. The van der Waals surface area contributed by atoms with Crippen molar-refractivity contribution >= 4 is 11.7 Å². The summed E-state index contributed by atoms with van der Waals surface area (Å²) in [6, 6.07) is 13.2. The Kier molecular flexibility index (Phi) is 4.47. The fourth-order valence-corrected chi connectivity index (χ4v) is 2.24. The van der Waals surface area contributed by atoms with Gasteiger partial charge in [-0.15, -0.1) is 0 Å². The number of carbonyl (C=O) groups is 1. The number of benzene rings is 1. The van der Waals surface area contributed by atoms with Crippen LogP contribution in [-0.2, 0) is 13.0 Å². The number of carbonyl (C=O) groups excluding carboxylic acids is 1. The van der Waals surface area contributed by atoms with Crippen LogP contribution in [0.15, 0.2) is 61.1 Å². The van der Waals surface area contributed by atoms with Gasteiger partial charge in [0.15, 0.2) is 5.82 Å². The highest BCUT2D eigenvalue weighted by atomic mass is 16.1. The lowest BCUT2D eigenvalue weighted by molar-refractivity contribution is 0.102. The number of nitrogens with one attached hydrogen (secondary N) is 1. The van der Waals surface area contributed by atoms with E-state index in [1.54, 1.807) is 18.5 Å². The van der Waals surface area contributed by atoms with Crippen molar-refractivity contribution in [2.75, 3.05) is 5.32 Å².